The first-order valence-corrected chi connectivity index (χ1v) is 7.90. The van der Waals surface area contributed by atoms with Crippen molar-refractivity contribution in [2.75, 3.05) is 13.2 Å². The van der Waals surface area contributed by atoms with Gasteiger partial charge in [-0.15, -0.1) is 13.2 Å². The molecule has 0 atom stereocenters. The molecule has 0 aromatic carbocycles. The summed E-state index contributed by atoms with van der Waals surface area (Å²) in [5.41, 5.74) is 5.54. The van der Waals surface area contributed by atoms with Crippen LogP contribution >= 0.6 is 0 Å². The first kappa shape index (κ1) is 29.3. The molecule has 9 heteroatoms. The van der Waals surface area contributed by atoms with E-state index < -0.39 is 0 Å². The summed E-state index contributed by atoms with van der Waals surface area (Å²) in [5.74, 6) is -0.377. The topological polar surface area (TPSA) is 137 Å². The minimum absolute atomic E-state index is 0. The fourth-order valence-corrected chi connectivity index (χ4v) is 1.41. The Bertz CT molecular complexity index is 764. The van der Waals surface area contributed by atoms with Crippen LogP contribution in [0.5, 0.6) is 0 Å². The number of carbonyl (C=O) groups is 1. The summed E-state index contributed by atoms with van der Waals surface area (Å²) < 4.78 is 5.64. The zero-order chi connectivity index (χ0) is 21.2. The lowest BCUT2D eigenvalue weighted by atomic mass is 10.4. The minimum atomic E-state index is -0.389. The lowest BCUT2D eigenvalue weighted by Crippen LogP contribution is -2.34. The van der Waals surface area contributed by atoms with Gasteiger partial charge in [0.1, 0.15) is 0 Å². The minimum Gasteiger partial charge on any atom is -0.463 e. The first-order chi connectivity index (χ1) is 12.7. The number of aliphatic imine (C=N–C) groups is 1. The van der Waals surface area contributed by atoms with Crippen molar-refractivity contribution in [2.45, 2.75) is 34.7 Å². The van der Waals surface area contributed by atoms with Crippen molar-refractivity contribution in [2.24, 2.45) is 10.7 Å². The molecule has 0 aliphatic heterocycles. The fraction of sp³-hybridized carbons (Fsp3) is 0.368. The van der Waals surface area contributed by atoms with Crippen molar-refractivity contribution >= 4 is 12.0 Å². The Morgan fingerprint density at radius 2 is 2.00 bits per heavy atom. The summed E-state index contributed by atoms with van der Waals surface area (Å²) in [6.45, 7) is 12.8. The molecule has 0 aliphatic rings. The van der Waals surface area contributed by atoms with E-state index in [-0.39, 0.29) is 31.2 Å². The Hall–Kier alpha value is -3.45. The number of hydrogen-bond acceptors (Lipinski definition) is 7. The average Bonchev–Trinajstić information content (AvgIpc) is 2.57. The number of aromatic amines is 1. The van der Waals surface area contributed by atoms with Crippen molar-refractivity contribution in [3.63, 3.8) is 0 Å². The Morgan fingerprint density at radius 1 is 1.39 bits per heavy atom. The van der Waals surface area contributed by atoms with Gasteiger partial charge in [0.15, 0.2) is 0 Å². The van der Waals surface area contributed by atoms with Crippen LogP contribution in [-0.2, 0) is 20.9 Å². The molecule has 0 saturated carbocycles. The number of ether oxygens (including phenoxy) is 1. The smallest absolute Gasteiger partial charge is 0.332 e. The molecule has 1 heterocycles. The van der Waals surface area contributed by atoms with Crippen LogP contribution in [0.25, 0.3) is 0 Å². The van der Waals surface area contributed by atoms with E-state index in [2.05, 4.69) is 27.9 Å². The highest BCUT2D eigenvalue weighted by Crippen LogP contribution is 1.83. The molecule has 1 aromatic rings. The number of hydrogen-bond donors (Lipinski definition) is 2. The molecule has 0 amide bonds. The Labute approximate surface area is 164 Å². The van der Waals surface area contributed by atoms with Crippen LogP contribution in [-0.4, -0.2) is 34.8 Å². The van der Waals surface area contributed by atoms with E-state index in [4.69, 9.17) is 5.73 Å². The molecule has 28 heavy (non-hydrogen) atoms. The lowest BCUT2D eigenvalue weighted by molar-refractivity contribution is -0.137. The van der Waals surface area contributed by atoms with Crippen molar-refractivity contribution in [1.29, 1.82) is 0 Å². The van der Waals surface area contributed by atoms with E-state index in [1.54, 1.807) is 20.8 Å². The maximum atomic E-state index is 11.1. The number of nitrogens with two attached hydrogens (primary N) is 1. The second kappa shape index (κ2) is 18.3. The van der Waals surface area contributed by atoms with Gasteiger partial charge in [0.25, 0.3) is 5.56 Å². The van der Waals surface area contributed by atoms with Crippen molar-refractivity contribution in [3.8, 4) is 0 Å². The summed E-state index contributed by atoms with van der Waals surface area (Å²) >= 11 is 0. The molecule has 0 spiro atoms. The monoisotopic (exact) mass is 394 g/mol. The number of aromatic nitrogens is 2. The number of H-pyrrole nitrogens is 1. The molecule has 156 valence electrons. The van der Waals surface area contributed by atoms with Crippen molar-refractivity contribution in [3.05, 3.63) is 69.7 Å². The summed E-state index contributed by atoms with van der Waals surface area (Å²) in [7, 11) is 0. The third-order valence-electron chi connectivity index (χ3n) is 2.38. The van der Waals surface area contributed by atoms with E-state index in [1.807, 2.05) is 0 Å². The van der Waals surface area contributed by atoms with E-state index in [0.29, 0.717) is 24.5 Å². The number of carbonyl (C=O) groups excluding carboxylic acids is 2. The third-order valence-corrected chi connectivity index (χ3v) is 2.38. The highest BCUT2D eigenvalue weighted by Gasteiger charge is 1.98. The number of nitrogens with one attached hydrogen (secondary N) is 1. The maximum absolute atomic E-state index is 11.1. The van der Waals surface area contributed by atoms with E-state index in [9.17, 15) is 19.2 Å². The van der Waals surface area contributed by atoms with Gasteiger partial charge >= 0.3 is 11.7 Å². The number of rotatable bonds is 6. The number of aryl methyl sites for hydroxylation is 1. The van der Waals surface area contributed by atoms with Crippen LogP contribution in [0, 0.1) is 6.92 Å². The van der Waals surface area contributed by atoms with Crippen LogP contribution in [0.4, 0.5) is 0 Å². The Balaban J connectivity index is -0.000000350. The molecule has 1 rings (SSSR count). The van der Waals surface area contributed by atoms with Crippen LogP contribution in [0.15, 0.2) is 57.7 Å². The fourth-order valence-electron chi connectivity index (χ4n) is 1.41. The SMILES string of the molecule is C.C=CCN=C=O.C=CCn1c(=O)cc(C)[nH]c1=O.CCOC(=O)/C=C(/C)N. The predicted molar refractivity (Wildman–Crippen MR) is 111 cm³/mol. The second-order valence-corrected chi connectivity index (χ2v) is 4.86. The van der Waals surface area contributed by atoms with Gasteiger partial charge < -0.3 is 15.5 Å². The molecule has 1 aromatic heterocycles. The zero-order valence-corrected chi connectivity index (χ0v) is 15.9. The maximum Gasteiger partial charge on any atom is 0.332 e. The van der Waals surface area contributed by atoms with E-state index in [0.717, 1.165) is 4.57 Å². The first-order valence-electron chi connectivity index (χ1n) is 7.90. The van der Waals surface area contributed by atoms with Gasteiger partial charge in [0, 0.05) is 30.1 Å². The standard InChI is InChI=1S/C8H10N2O2.C6H11NO2.C4H5NO.CH4/c1-3-4-10-7(11)5-6(2)9-8(10)12;1-3-9-6(8)4-5(2)7;1-2-3-5-4-6;/h3,5H,1,4H2,2H3,(H,9,12);4H,3,7H2,1-2H3;2H,1,3H2;1H4/b;5-4-;;. The molecule has 3 N–H and O–H groups in total. The van der Waals surface area contributed by atoms with Gasteiger partial charge in [-0.05, 0) is 20.8 Å². The van der Waals surface area contributed by atoms with Crippen molar-refractivity contribution < 1.29 is 14.3 Å². The van der Waals surface area contributed by atoms with Gasteiger partial charge in [-0.1, -0.05) is 19.6 Å². The molecule has 0 bridgehead atoms. The quantitative estimate of drug-likeness (QED) is 0.247. The molecule has 0 aliphatic carbocycles. The van der Waals surface area contributed by atoms with Gasteiger partial charge in [-0.3, -0.25) is 9.36 Å². The highest BCUT2D eigenvalue weighted by atomic mass is 16.5. The van der Waals surface area contributed by atoms with E-state index in [1.165, 1.54) is 30.4 Å². The summed E-state index contributed by atoms with van der Waals surface area (Å²) in [4.78, 5) is 47.6. The molecule has 0 radical (unpaired) electrons. The van der Waals surface area contributed by atoms with Crippen LogP contribution in [0.1, 0.15) is 27.0 Å². The van der Waals surface area contributed by atoms with Crippen LogP contribution in [0.3, 0.4) is 0 Å². The van der Waals surface area contributed by atoms with Crippen LogP contribution in [0.2, 0.25) is 0 Å². The number of allylic oxidation sites excluding steroid dienone is 2. The summed E-state index contributed by atoms with van der Waals surface area (Å²) in [5, 5.41) is 0. The highest BCUT2D eigenvalue weighted by molar-refractivity contribution is 5.82. The zero-order valence-electron chi connectivity index (χ0n) is 15.9. The summed E-state index contributed by atoms with van der Waals surface area (Å²) in [6, 6.07) is 1.38. The second-order valence-electron chi connectivity index (χ2n) is 4.86. The van der Waals surface area contributed by atoms with Gasteiger partial charge in [0.05, 0.1) is 13.2 Å². The largest absolute Gasteiger partial charge is 0.463 e. The lowest BCUT2D eigenvalue weighted by Gasteiger charge is -1.99. The average molecular weight is 394 g/mol. The Kier molecular flexibility index (Phi) is 19.2. The van der Waals surface area contributed by atoms with E-state index >= 15 is 0 Å². The number of nitrogens with zero attached hydrogens (tertiary/aromatic N) is 2. The van der Waals surface area contributed by atoms with Gasteiger partial charge in [-0.25, -0.2) is 19.4 Å². The number of isocyanates is 1. The van der Waals surface area contributed by atoms with Gasteiger partial charge in [0.2, 0.25) is 6.08 Å². The van der Waals surface area contributed by atoms with Gasteiger partial charge in [-0.2, -0.15) is 0 Å². The normalized spacial score (nSPS) is 9.04. The molecular weight excluding hydrogens is 364 g/mol. The predicted octanol–water partition coefficient (Wildman–Crippen LogP) is 1.59. The molecule has 0 unspecified atom stereocenters. The van der Waals surface area contributed by atoms with Crippen LogP contribution < -0.4 is 17.0 Å². The molecular formula is C19H30N4O5. The number of esters is 1. The summed E-state index contributed by atoms with van der Waals surface area (Å²) in [6.07, 6.45) is 5.66. The van der Waals surface area contributed by atoms with Crippen molar-refractivity contribution in [1.82, 2.24) is 9.55 Å². The third kappa shape index (κ3) is 16.0. The molecule has 0 saturated heterocycles. The molecule has 9 nitrogen and oxygen atoms in total. The Morgan fingerprint density at radius 3 is 2.36 bits per heavy atom. The molecule has 0 fully saturated rings.